The van der Waals surface area contributed by atoms with Crippen molar-refractivity contribution in [3.8, 4) is 0 Å². The molecule has 2 aromatic rings. The zero-order valence-electron chi connectivity index (χ0n) is 19.1. The molecule has 0 unspecified atom stereocenters. The van der Waals surface area contributed by atoms with Crippen LogP contribution in [0.5, 0.6) is 0 Å². The van der Waals surface area contributed by atoms with Crippen molar-refractivity contribution in [3.63, 3.8) is 0 Å². The maximum absolute atomic E-state index is 13.0. The summed E-state index contributed by atoms with van der Waals surface area (Å²) >= 11 is 1.64. The summed E-state index contributed by atoms with van der Waals surface area (Å²) in [6, 6.07) is 12.9. The van der Waals surface area contributed by atoms with Crippen molar-refractivity contribution < 1.29 is 14.0 Å². The summed E-state index contributed by atoms with van der Waals surface area (Å²) in [5.74, 6) is 0.536. The lowest BCUT2D eigenvalue weighted by atomic mass is 9.83. The number of hydrogen-bond donors (Lipinski definition) is 0. The first-order valence-electron chi connectivity index (χ1n) is 12.0. The van der Waals surface area contributed by atoms with Crippen LogP contribution in [0.3, 0.4) is 0 Å². The molecule has 0 spiro atoms. The predicted octanol–water partition coefficient (Wildman–Crippen LogP) is 5.91. The van der Waals surface area contributed by atoms with Crippen molar-refractivity contribution in [2.45, 2.75) is 58.0 Å². The Morgan fingerprint density at radius 2 is 1.90 bits per heavy atom. The molecule has 168 valence electrons. The Bertz CT molecular complexity index is 842. The van der Waals surface area contributed by atoms with E-state index in [-0.39, 0.29) is 12.2 Å². The highest BCUT2D eigenvalue weighted by atomic mass is 32.1. The van der Waals surface area contributed by atoms with Crippen LogP contribution in [0.1, 0.15) is 50.2 Å². The summed E-state index contributed by atoms with van der Waals surface area (Å²) in [7, 11) is 1.87. The number of rotatable bonds is 9. The smallest absolute Gasteiger partial charge is 0.415 e. The molecule has 5 rings (SSSR count). The van der Waals surface area contributed by atoms with Gasteiger partial charge in [-0.25, -0.2) is 4.79 Å². The Kier molecular flexibility index (Phi) is 7.34. The number of anilines is 1. The molecule has 0 aliphatic carbocycles. The van der Waals surface area contributed by atoms with Crippen LogP contribution in [0.2, 0.25) is 0 Å². The number of nitrogens with zero attached hydrogens (tertiary/aromatic N) is 2. The third-order valence-electron chi connectivity index (χ3n) is 7.34. The fourth-order valence-electron chi connectivity index (χ4n) is 5.40. The average molecular weight is 442 g/mol. The quantitative estimate of drug-likeness (QED) is 0.453. The largest absolute Gasteiger partial charge is 0.440 e. The van der Waals surface area contributed by atoms with Crippen LogP contribution >= 0.6 is 11.3 Å². The summed E-state index contributed by atoms with van der Waals surface area (Å²) in [5.41, 5.74) is 2.69. The minimum Gasteiger partial charge on any atom is -0.440 e. The van der Waals surface area contributed by atoms with E-state index < -0.39 is 0 Å². The number of piperidine rings is 3. The maximum atomic E-state index is 13.0. The average Bonchev–Trinajstić information content (AvgIpc) is 3.27. The molecule has 3 fully saturated rings. The van der Waals surface area contributed by atoms with E-state index in [1.54, 1.807) is 16.2 Å². The van der Waals surface area contributed by atoms with E-state index in [9.17, 15) is 4.79 Å². The second-order valence-corrected chi connectivity index (χ2v) is 10.4. The van der Waals surface area contributed by atoms with Gasteiger partial charge in [-0.1, -0.05) is 43.7 Å². The van der Waals surface area contributed by atoms with Crippen LogP contribution in [-0.2, 0) is 17.6 Å². The predicted molar refractivity (Wildman–Crippen MR) is 129 cm³/mol. The molecule has 1 aromatic heterocycles. The highest BCUT2D eigenvalue weighted by Crippen LogP contribution is 2.37. The number of quaternary nitrogens is 1. The summed E-state index contributed by atoms with van der Waals surface area (Å²) < 4.78 is 7.27. The molecule has 1 atom stereocenters. The molecule has 3 aliphatic heterocycles. The number of amides is 1. The van der Waals surface area contributed by atoms with Crippen molar-refractivity contribution in [2.24, 2.45) is 5.92 Å². The standard InChI is InChI=1S/C26H37N2O2S/c1-3-4-12-23-15-19-31-25(23)27(2)26(29)30-24-20-28(17-13-22(24)14-18-28)16-8-11-21-9-6-5-7-10-21/h5-7,9-10,15,19,22,24H,3-4,8,11-14,16-18,20H2,1-2H3/q+1/t22?,24-,28?/m0/s1. The van der Waals surface area contributed by atoms with Gasteiger partial charge >= 0.3 is 6.09 Å². The Morgan fingerprint density at radius 1 is 1.13 bits per heavy atom. The third-order valence-corrected chi connectivity index (χ3v) is 8.37. The Hall–Kier alpha value is -1.85. The minimum absolute atomic E-state index is 0.0632. The molecule has 3 saturated heterocycles. The Balaban J connectivity index is 1.33. The first-order valence-corrected chi connectivity index (χ1v) is 12.9. The lowest BCUT2D eigenvalue weighted by molar-refractivity contribution is -0.946. The minimum atomic E-state index is -0.179. The number of benzene rings is 1. The molecule has 4 nitrogen and oxygen atoms in total. The fourth-order valence-corrected chi connectivity index (χ4v) is 6.32. The normalized spacial score (nSPS) is 24.8. The SMILES string of the molecule is CCCCc1ccsc1N(C)C(=O)O[C@H]1C[N+]2(CCCc3ccccc3)CCC1CC2. The molecule has 2 bridgehead atoms. The fraction of sp³-hybridized carbons (Fsp3) is 0.577. The zero-order valence-corrected chi connectivity index (χ0v) is 19.9. The lowest BCUT2D eigenvalue weighted by Crippen LogP contribution is -2.65. The van der Waals surface area contributed by atoms with Crippen molar-refractivity contribution in [1.82, 2.24) is 0 Å². The number of hydrogen-bond acceptors (Lipinski definition) is 3. The molecule has 31 heavy (non-hydrogen) atoms. The molecule has 1 aromatic carbocycles. The lowest BCUT2D eigenvalue weighted by Gasteiger charge is -2.52. The number of ether oxygens (including phenoxy) is 1. The van der Waals surface area contributed by atoms with Gasteiger partial charge in [-0.3, -0.25) is 4.90 Å². The van der Waals surface area contributed by atoms with Gasteiger partial charge in [-0.05, 0) is 41.8 Å². The summed E-state index contributed by atoms with van der Waals surface area (Å²) in [5, 5.41) is 3.14. The number of unbranched alkanes of at least 4 members (excludes halogenated alkanes) is 1. The van der Waals surface area contributed by atoms with Gasteiger partial charge in [0.15, 0.2) is 6.10 Å². The molecular formula is C26H37N2O2S+. The van der Waals surface area contributed by atoms with E-state index in [4.69, 9.17) is 4.74 Å². The molecular weight excluding hydrogens is 404 g/mol. The highest BCUT2D eigenvalue weighted by Gasteiger charge is 2.47. The molecule has 3 aliphatic rings. The highest BCUT2D eigenvalue weighted by molar-refractivity contribution is 7.14. The molecule has 0 radical (unpaired) electrons. The summed E-state index contributed by atoms with van der Waals surface area (Å²) in [6.45, 7) is 6.88. The van der Waals surface area contributed by atoms with E-state index in [2.05, 4.69) is 48.7 Å². The van der Waals surface area contributed by atoms with Crippen LogP contribution in [0.4, 0.5) is 9.80 Å². The monoisotopic (exact) mass is 441 g/mol. The molecule has 1 amide bonds. The van der Waals surface area contributed by atoms with Crippen LogP contribution in [-0.4, -0.2) is 49.9 Å². The summed E-state index contributed by atoms with van der Waals surface area (Å²) in [6.07, 6.45) is 7.94. The van der Waals surface area contributed by atoms with Crippen molar-refractivity contribution >= 4 is 22.4 Å². The van der Waals surface area contributed by atoms with Gasteiger partial charge in [0.05, 0.1) is 19.6 Å². The van der Waals surface area contributed by atoms with Crippen molar-refractivity contribution in [1.29, 1.82) is 0 Å². The van der Waals surface area contributed by atoms with E-state index >= 15 is 0 Å². The summed E-state index contributed by atoms with van der Waals surface area (Å²) in [4.78, 5) is 14.8. The van der Waals surface area contributed by atoms with Gasteiger partial charge in [-0.2, -0.15) is 0 Å². The molecule has 0 N–H and O–H groups in total. The van der Waals surface area contributed by atoms with Gasteiger partial charge in [0, 0.05) is 32.2 Å². The Labute approximate surface area is 191 Å². The van der Waals surface area contributed by atoms with Crippen molar-refractivity contribution in [3.05, 3.63) is 52.9 Å². The van der Waals surface area contributed by atoms with E-state index in [1.165, 1.54) is 50.0 Å². The van der Waals surface area contributed by atoms with Gasteiger partial charge in [0.2, 0.25) is 0 Å². The van der Waals surface area contributed by atoms with Gasteiger partial charge in [0.25, 0.3) is 0 Å². The number of carbonyl (C=O) groups excluding carboxylic acids is 1. The number of aryl methyl sites for hydroxylation is 2. The van der Waals surface area contributed by atoms with E-state index in [1.807, 2.05) is 7.05 Å². The van der Waals surface area contributed by atoms with E-state index in [0.717, 1.165) is 41.7 Å². The molecule has 4 heterocycles. The number of thiophene rings is 1. The Morgan fingerprint density at radius 3 is 2.65 bits per heavy atom. The van der Waals surface area contributed by atoms with Crippen LogP contribution in [0.15, 0.2) is 41.8 Å². The van der Waals surface area contributed by atoms with E-state index in [0.29, 0.717) is 5.92 Å². The van der Waals surface area contributed by atoms with Gasteiger partial charge in [0.1, 0.15) is 11.5 Å². The topological polar surface area (TPSA) is 29.5 Å². The van der Waals surface area contributed by atoms with Crippen LogP contribution < -0.4 is 4.90 Å². The number of fused-ring (bicyclic) bond motifs is 3. The van der Waals surface area contributed by atoms with Crippen molar-refractivity contribution in [2.75, 3.05) is 38.1 Å². The number of carbonyl (C=O) groups is 1. The third kappa shape index (κ3) is 5.32. The van der Waals surface area contributed by atoms with Crippen LogP contribution in [0, 0.1) is 5.92 Å². The second-order valence-electron chi connectivity index (χ2n) is 9.46. The van der Waals surface area contributed by atoms with Gasteiger partial charge in [-0.15, -0.1) is 11.3 Å². The maximum Gasteiger partial charge on any atom is 0.415 e. The first kappa shape index (κ1) is 22.3. The molecule has 0 saturated carbocycles. The van der Waals surface area contributed by atoms with Crippen LogP contribution in [0.25, 0.3) is 0 Å². The van der Waals surface area contributed by atoms with Gasteiger partial charge < -0.3 is 9.22 Å². The first-order chi connectivity index (χ1) is 15.1. The zero-order chi connectivity index (χ0) is 21.7. The second kappa shape index (κ2) is 10.2. The molecule has 5 heteroatoms.